The number of hydrogen-bond acceptors (Lipinski definition) is 2. The molecule has 0 unspecified atom stereocenters. The molecule has 0 aliphatic carbocycles. The molecule has 0 bridgehead atoms. The van der Waals surface area contributed by atoms with E-state index in [1.165, 1.54) is 11.3 Å². The molecule has 1 heterocycles. The Labute approximate surface area is 76.3 Å². The van der Waals surface area contributed by atoms with Crippen LogP contribution in [0.15, 0.2) is 4.79 Å². The molecule has 0 amide bonds. The second-order valence-electron chi connectivity index (χ2n) is 2.95. The summed E-state index contributed by atoms with van der Waals surface area (Å²) in [4.78, 5) is 11.3. The highest BCUT2D eigenvalue weighted by Gasteiger charge is 1.97. The summed E-state index contributed by atoms with van der Waals surface area (Å²) in [7, 11) is 5.41. The quantitative estimate of drug-likeness (QED) is 0.542. The first-order chi connectivity index (χ1) is 5.52. The van der Waals surface area contributed by atoms with Gasteiger partial charge in [0.05, 0.1) is 9.20 Å². The fourth-order valence-electron chi connectivity index (χ4n) is 0.860. The number of thiazole rings is 1. The van der Waals surface area contributed by atoms with Crippen LogP contribution in [0.25, 0.3) is 12.7 Å². The Morgan fingerprint density at radius 2 is 2.25 bits per heavy atom. The summed E-state index contributed by atoms with van der Waals surface area (Å²) < 4.78 is 2.35. The zero-order chi connectivity index (χ0) is 9.30. The molecule has 0 aromatic carbocycles. The summed E-state index contributed by atoms with van der Waals surface area (Å²) in [5, 5.41) is 0. The van der Waals surface area contributed by atoms with Gasteiger partial charge in [0.25, 0.3) is 5.56 Å². The third-order valence-electron chi connectivity index (χ3n) is 1.41. The van der Waals surface area contributed by atoms with Gasteiger partial charge in [0.15, 0.2) is 0 Å². The molecule has 0 spiro atoms. The summed E-state index contributed by atoms with van der Waals surface area (Å²) in [5.41, 5.74) is -0.154. The fraction of sp³-hybridized carbons (Fsp3) is 0.375. The lowest BCUT2D eigenvalue weighted by atomic mass is 10.2. The minimum absolute atomic E-state index is 0.154. The molecule has 0 aliphatic rings. The molecule has 0 aliphatic heterocycles. The van der Waals surface area contributed by atoms with E-state index in [0.717, 1.165) is 4.48 Å². The van der Waals surface area contributed by atoms with Crippen LogP contribution >= 0.6 is 11.3 Å². The van der Waals surface area contributed by atoms with Gasteiger partial charge in [-0.05, 0) is 5.92 Å². The van der Waals surface area contributed by atoms with Crippen LogP contribution in [0, 0.1) is 5.92 Å². The van der Waals surface area contributed by atoms with Gasteiger partial charge < -0.3 is 4.48 Å². The minimum Gasteiger partial charge on any atom is -0.357 e. The molecule has 0 N–H and O–H groups in total. The molecule has 62 valence electrons. The topological polar surface area (TPSA) is 22.0 Å². The largest absolute Gasteiger partial charge is 0.357 e. The Kier molecular flexibility index (Phi) is 2.57. The number of nitrogens with zero attached hydrogens (tertiary/aromatic N) is 1. The first-order valence-electron chi connectivity index (χ1n) is 3.70. The average Bonchev–Trinajstić information content (AvgIpc) is 2.17. The van der Waals surface area contributed by atoms with Gasteiger partial charge >= 0.3 is 0 Å². The van der Waals surface area contributed by atoms with E-state index in [1.807, 2.05) is 19.9 Å². The van der Waals surface area contributed by atoms with Crippen molar-refractivity contribution in [1.82, 2.24) is 4.48 Å². The highest BCUT2D eigenvalue weighted by atomic mass is 32.1. The Morgan fingerprint density at radius 3 is 2.58 bits per heavy atom. The summed E-state index contributed by atoms with van der Waals surface area (Å²) in [5.74, 6) is 0.357. The zero-order valence-corrected chi connectivity index (χ0v) is 8.02. The molecule has 2 radical (unpaired) electrons. The van der Waals surface area contributed by atoms with Gasteiger partial charge in [0, 0.05) is 0 Å². The zero-order valence-electron chi connectivity index (χ0n) is 7.20. The molecule has 12 heavy (non-hydrogen) atoms. The highest BCUT2D eigenvalue weighted by Crippen LogP contribution is 1.90. The van der Waals surface area contributed by atoms with Crippen molar-refractivity contribution in [1.29, 1.82) is 0 Å². The van der Waals surface area contributed by atoms with Gasteiger partial charge in [-0.3, -0.25) is 4.79 Å². The van der Waals surface area contributed by atoms with Crippen LogP contribution in [-0.2, 0) is 0 Å². The van der Waals surface area contributed by atoms with Crippen molar-refractivity contribution in [2.45, 2.75) is 13.8 Å². The molecular formula is C8H10BNOS. The van der Waals surface area contributed by atoms with E-state index in [4.69, 9.17) is 7.98 Å². The molecule has 1 aromatic rings. The van der Waals surface area contributed by atoms with E-state index in [9.17, 15) is 4.79 Å². The number of aromatic nitrogens is 1. The van der Waals surface area contributed by atoms with Crippen molar-refractivity contribution in [3.05, 3.63) is 19.5 Å². The molecular weight excluding hydrogens is 169 g/mol. The molecule has 1 aromatic heterocycles. The molecule has 2 nitrogen and oxygen atoms in total. The summed E-state index contributed by atoms with van der Waals surface area (Å²) in [6.07, 6.45) is 1.89. The van der Waals surface area contributed by atoms with Crippen molar-refractivity contribution in [3.8, 4) is 0 Å². The Balaban J connectivity index is 3.48. The van der Waals surface area contributed by atoms with Crippen LogP contribution in [0.2, 0.25) is 0 Å². The van der Waals surface area contributed by atoms with Gasteiger partial charge in [0.2, 0.25) is 7.98 Å². The van der Waals surface area contributed by atoms with Crippen LogP contribution in [0.1, 0.15) is 13.8 Å². The Morgan fingerprint density at radius 1 is 1.67 bits per heavy atom. The van der Waals surface area contributed by atoms with Gasteiger partial charge in [0.1, 0.15) is 0 Å². The van der Waals surface area contributed by atoms with E-state index < -0.39 is 0 Å². The van der Waals surface area contributed by atoms with Crippen LogP contribution in [0.4, 0.5) is 0 Å². The maximum atomic E-state index is 11.3. The number of rotatable bonds is 1. The molecule has 0 atom stereocenters. The van der Waals surface area contributed by atoms with Gasteiger partial charge in [-0.25, -0.2) is 0 Å². The van der Waals surface area contributed by atoms with Crippen LogP contribution in [-0.4, -0.2) is 12.5 Å². The molecule has 0 saturated heterocycles. The molecule has 0 saturated carbocycles. The summed E-state index contributed by atoms with van der Waals surface area (Å²) >= 11 is 1.33. The monoisotopic (exact) mass is 179 g/mol. The molecule has 0 fully saturated rings. The summed E-state index contributed by atoms with van der Waals surface area (Å²) in [6.45, 7) is 7.68. The highest BCUT2D eigenvalue weighted by molar-refractivity contribution is 7.07. The van der Waals surface area contributed by atoms with Crippen molar-refractivity contribution < 1.29 is 0 Å². The Bertz CT molecular complexity index is 429. The third-order valence-corrected chi connectivity index (χ3v) is 2.37. The maximum Gasteiger partial charge on any atom is 0.255 e. The maximum absolute atomic E-state index is 11.3. The van der Waals surface area contributed by atoms with Gasteiger partial charge in [-0.2, -0.15) is 0 Å². The lowest BCUT2D eigenvalue weighted by Gasteiger charge is -1.88. The van der Waals surface area contributed by atoms with Crippen molar-refractivity contribution in [3.63, 3.8) is 0 Å². The Hall–Kier alpha value is -0.765. The first-order valence-corrected chi connectivity index (χ1v) is 4.51. The smallest absolute Gasteiger partial charge is 0.255 e. The lowest BCUT2D eigenvalue weighted by Crippen LogP contribution is -2.29. The lowest BCUT2D eigenvalue weighted by molar-refractivity contribution is 0.881. The van der Waals surface area contributed by atoms with Crippen LogP contribution < -0.4 is 14.8 Å². The van der Waals surface area contributed by atoms with Crippen molar-refractivity contribution in [2.24, 2.45) is 5.92 Å². The molecule has 1 rings (SSSR count). The second-order valence-corrected chi connectivity index (χ2v) is 4.06. The normalized spacial score (nSPS) is 12.8. The standard InChI is InChI=1S/C8H10BNOS/c1-5(2)4-7-8(11)10(9)6(3)12-7/h4-5H,3H2,1-2H3/b7-4+. The van der Waals surface area contributed by atoms with E-state index >= 15 is 0 Å². The minimum atomic E-state index is -0.154. The molecule has 4 heteroatoms. The predicted molar refractivity (Wildman–Crippen MR) is 53.8 cm³/mol. The average molecular weight is 179 g/mol. The van der Waals surface area contributed by atoms with E-state index in [2.05, 4.69) is 6.58 Å². The third kappa shape index (κ3) is 1.69. The number of hydrogen-bond donors (Lipinski definition) is 0. The van der Waals surface area contributed by atoms with Crippen molar-refractivity contribution in [2.75, 3.05) is 0 Å². The van der Waals surface area contributed by atoms with Gasteiger partial charge in [-0.15, -0.1) is 11.3 Å². The van der Waals surface area contributed by atoms with Gasteiger partial charge in [-0.1, -0.05) is 26.5 Å². The van der Waals surface area contributed by atoms with Crippen molar-refractivity contribution >= 4 is 32.0 Å². The first kappa shape index (κ1) is 9.32. The predicted octanol–water partition coefficient (Wildman–Crippen LogP) is -0.312. The van der Waals surface area contributed by atoms with E-state index in [-0.39, 0.29) is 5.56 Å². The SMILES string of the molecule is [B]n1c(=C)s/c(=C/C(C)C)c1=O. The van der Waals surface area contributed by atoms with Crippen LogP contribution in [0.5, 0.6) is 0 Å². The second kappa shape index (κ2) is 3.31. The van der Waals surface area contributed by atoms with Crippen LogP contribution in [0.3, 0.4) is 0 Å². The summed E-state index contributed by atoms with van der Waals surface area (Å²) in [6, 6.07) is 0. The van der Waals surface area contributed by atoms with E-state index in [1.54, 1.807) is 0 Å². The van der Waals surface area contributed by atoms with E-state index in [0.29, 0.717) is 15.1 Å². The fourth-order valence-corrected chi connectivity index (χ4v) is 1.82.